The van der Waals surface area contributed by atoms with Crippen molar-refractivity contribution < 1.29 is 9.53 Å². The summed E-state index contributed by atoms with van der Waals surface area (Å²) in [5.74, 6) is -0.187. The molecule has 5 rings (SSSR count). The Morgan fingerprint density at radius 3 is 2.91 bits per heavy atom. The third-order valence-corrected chi connectivity index (χ3v) is 5.71. The molecule has 0 unspecified atom stereocenters. The van der Waals surface area contributed by atoms with Crippen LogP contribution >= 0.6 is 0 Å². The Morgan fingerprint density at radius 2 is 2.09 bits per heavy atom. The van der Waals surface area contributed by atoms with Gasteiger partial charge in [-0.3, -0.25) is 4.79 Å². The fourth-order valence-corrected chi connectivity index (χ4v) is 4.09. The smallest absolute Gasteiger partial charge is 0.356 e. The zero-order chi connectivity index (χ0) is 22.9. The lowest BCUT2D eigenvalue weighted by Gasteiger charge is -2.18. The van der Waals surface area contributed by atoms with Gasteiger partial charge in [-0.1, -0.05) is 6.07 Å². The number of aromatic nitrogens is 5. The Kier molecular flexibility index (Phi) is 5.35. The number of hydrogen-bond donors (Lipinski definition) is 2. The van der Waals surface area contributed by atoms with Gasteiger partial charge in [-0.2, -0.15) is 4.98 Å². The second-order valence-corrected chi connectivity index (χ2v) is 7.69. The predicted molar refractivity (Wildman–Crippen MR) is 123 cm³/mol. The number of rotatable bonds is 5. The van der Waals surface area contributed by atoms with Crippen molar-refractivity contribution in [3.63, 3.8) is 0 Å². The van der Waals surface area contributed by atoms with Crippen LogP contribution < -0.4 is 16.2 Å². The van der Waals surface area contributed by atoms with E-state index in [0.29, 0.717) is 29.2 Å². The lowest BCUT2D eigenvalue weighted by atomic mass is 10.0. The summed E-state index contributed by atoms with van der Waals surface area (Å²) in [6.07, 6.45) is 4.03. The summed E-state index contributed by atoms with van der Waals surface area (Å²) in [6, 6.07) is 9.50. The molecule has 0 atom stereocenters. The monoisotopic (exact) mass is 445 g/mol. The minimum absolute atomic E-state index is 0.141. The molecule has 3 aromatic heterocycles. The Labute approximate surface area is 189 Å². The van der Waals surface area contributed by atoms with E-state index >= 15 is 0 Å². The quantitative estimate of drug-likeness (QED) is 0.449. The molecule has 1 aliphatic heterocycles. The van der Waals surface area contributed by atoms with Gasteiger partial charge in [0, 0.05) is 31.2 Å². The first-order chi connectivity index (χ1) is 16.1. The van der Waals surface area contributed by atoms with Gasteiger partial charge in [0.2, 0.25) is 5.95 Å². The van der Waals surface area contributed by atoms with Crippen LogP contribution in [0.15, 0.2) is 47.5 Å². The molecule has 1 aromatic carbocycles. The maximum absolute atomic E-state index is 13.0. The molecule has 0 spiro atoms. The van der Waals surface area contributed by atoms with Crippen LogP contribution in [0.2, 0.25) is 0 Å². The molecule has 0 saturated carbocycles. The van der Waals surface area contributed by atoms with Crippen LogP contribution in [-0.4, -0.2) is 43.9 Å². The SMILES string of the molecule is CCn1c(=O)c2cnc(Nc3ccc4c(c3)CNCC4)nc2n1-c1ccnc(C(=O)OC)c1. The van der Waals surface area contributed by atoms with Crippen LogP contribution in [0.25, 0.3) is 16.7 Å². The first-order valence-corrected chi connectivity index (χ1v) is 10.7. The maximum atomic E-state index is 13.0. The standard InChI is InChI=1S/C23H23N7O3/c1-3-29-21(31)18-13-26-23(27-16-5-4-14-6-8-24-12-15(14)10-16)28-20(18)30(29)17-7-9-25-19(11-17)22(32)33-2/h4-5,7,9-11,13,24H,3,6,8,12H2,1-2H3,(H,26,27,28). The van der Waals surface area contributed by atoms with Gasteiger partial charge in [0.15, 0.2) is 5.65 Å². The number of fused-ring (bicyclic) bond motifs is 2. The van der Waals surface area contributed by atoms with Gasteiger partial charge in [0.25, 0.3) is 5.56 Å². The van der Waals surface area contributed by atoms with Crippen molar-refractivity contribution in [3.8, 4) is 5.69 Å². The Bertz CT molecular complexity index is 1420. The minimum atomic E-state index is -0.558. The molecule has 0 radical (unpaired) electrons. The van der Waals surface area contributed by atoms with E-state index in [9.17, 15) is 9.59 Å². The maximum Gasteiger partial charge on any atom is 0.356 e. The number of ether oxygens (including phenoxy) is 1. The lowest BCUT2D eigenvalue weighted by molar-refractivity contribution is 0.0594. The van der Waals surface area contributed by atoms with Gasteiger partial charge in [-0.25, -0.2) is 24.1 Å². The minimum Gasteiger partial charge on any atom is -0.464 e. The third kappa shape index (κ3) is 3.74. The molecule has 33 heavy (non-hydrogen) atoms. The van der Waals surface area contributed by atoms with Crippen LogP contribution in [0, 0.1) is 0 Å². The van der Waals surface area contributed by atoms with Crippen LogP contribution in [0.1, 0.15) is 28.5 Å². The van der Waals surface area contributed by atoms with E-state index in [1.165, 1.54) is 30.6 Å². The zero-order valence-corrected chi connectivity index (χ0v) is 18.3. The van der Waals surface area contributed by atoms with E-state index < -0.39 is 5.97 Å². The first-order valence-electron chi connectivity index (χ1n) is 10.7. The number of anilines is 2. The summed E-state index contributed by atoms with van der Waals surface area (Å²) >= 11 is 0. The van der Waals surface area contributed by atoms with Crippen molar-refractivity contribution in [2.45, 2.75) is 26.4 Å². The van der Waals surface area contributed by atoms with Crippen molar-refractivity contribution in [1.82, 2.24) is 29.6 Å². The summed E-state index contributed by atoms with van der Waals surface area (Å²) in [5.41, 5.74) is 4.39. The molecular formula is C23H23N7O3. The van der Waals surface area contributed by atoms with Crippen LogP contribution in [0.5, 0.6) is 0 Å². The van der Waals surface area contributed by atoms with Crippen molar-refractivity contribution in [1.29, 1.82) is 0 Å². The van der Waals surface area contributed by atoms with Gasteiger partial charge >= 0.3 is 5.97 Å². The molecule has 10 nitrogen and oxygen atoms in total. The highest BCUT2D eigenvalue weighted by Gasteiger charge is 2.18. The van der Waals surface area contributed by atoms with Crippen molar-refractivity contribution in [2.24, 2.45) is 0 Å². The van der Waals surface area contributed by atoms with Crippen molar-refractivity contribution >= 4 is 28.6 Å². The molecule has 1 aliphatic rings. The molecule has 10 heteroatoms. The zero-order valence-electron chi connectivity index (χ0n) is 18.3. The van der Waals surface area contributed by atoms with Crippen molar-refractivity contribution in [3.05, 3.63) is 69.9 Å². The average Bonchev–Trinajstić information content (AvgIpc) is 3.14. The number of esters is 1. The first kappa shape index (κ1) is 20.8. The predicted octanol–water partition coefficient (Wildman–Crippen LogP) is 2.17. The summed E-state index contributed by atoms with van der Waals surface area (Å²) < 4.78 is 8.00. The fraction of sp³-hybridized carbons (Fsp3) is 0.261. The molecule has 0 saturated heterocycles. The Balaban J connectivity index is 1.59. The van der Waals surface area contributed by atoms with E-state index in [2.05, 4.69) is 37.7 Å². The van der Waals surface area contributed by atoms with Gasteiger partial charge in [0.1, 0.15) is 11.1 Å². The number of nitrogens with one attached hydrogen (secondary N) is 2. The highest BCUT2D eigenvalue weighted by atomic mass is 16.5. The van der Waals surface area contributed by atoms with Crippen LogP contribution in [-0.2, 0) is 24.2 Å². The fourth-order valence-electron chi connectivity index (χ4n) is 4.09. The van der Waals surface area contributed by atoms with Crippen molar-refractivity contribution in [2.75, 3.05) is 19.0 Å². The van der Waals surface area contributed by atoms with E-state index in [4.69, 9.17) is 4.74 Å². The highest BCUT2D eigenvalue weighted by Crippen LogP contribution is 2.22. The number of pyridine rings is 1. The number of methoxy groups -OCH3 is 1. The highest BCUT2D eigenvalue weighted by molar-refractivity contribution is 5.88. The van der Waals surface area contributed by atoms with E-state index in [1.807, 2.05) is 13.0 Å². The lowest BCUT2D eigenvalue weighted by Crippen LogP contribution is -2.23. The molecular weight excluding hydrogens is 422 g/mol. The molecule has 0 aliphatic carbocycles. The largest absolute Gasteiger partial charge is 0.464 e. The molecule has 4 aromatic rings. The number of nitrogens with zero attached hydrogens (tertiary/aromatic N) is 5. The van der Waals surface area contributed by atoms with Gasteiger partial charge in [-0.15, -0.1) is 0 Å². The van der Waals surface area contributed by atoms with Gasteiger partial charge in [0.05, 0.1) is 12.8 Å². The van der Waals surface area contributed by atoms with E-state index in [0.717, 1.165) is 25.2 Å². The number of carbonyl (C=O) groups is 1. The van der Waals surface area contributed by atoms with E-state index in [1.54, 1.807) is 21.5 Å². The summed E-state index contributed by atoms with van der Waals surface area (Å²) in [6.45, 7) is 4.09. The molecule has 4 heterocycles. The molecule has 0 bridgehead atoms. The topological polar surface area (TPSA) is 116 Å². The molecule has 0 fully saturated rings. The molecule has 2 N–H and O–H groups in total. The Hall–Kier alpha value is -4.05. The van der Waals surface area contributed by atoms with Crippen LogP contribution in [0.3, 0.4) is 0 Å². The summed E-state index contributed by atoms with van der Waals surface area (Å²) in [5, 5.41) is 7.01. The Morgan fingerprint density at radius 1 is 1.21 bits per heavy atom. The average molecular weight is 445 g/mol. The third-order valence-electron chi connectivity index (χ3n) is 5.71. The number of carbonyl (C=O) groups excluding carboxylic acids is 1. The molecule has 168 valence electrons. The molecule has 0 amide bonds. The summed E-state index contributed by atoms with van der Waals surface area (Å²) in [7, 11) is 1.30. The van der Waals surface area contributed by atoms with E-state index in [-0.39, 0.29) is 11.3 Å². The van der Waals surface area contributed by atoms with Crippen LogP contribution in [0.4, 0.5) is 11.6 Å². The second kappa shape index (κ2) is 8.47. The summed E-state index contributed by atoms with van der Waals surface area (Å²) in [4.78, 5) is 38.0. The van der Waals surface area contributed by atoms with Gasteiger partial charge < -0.3 is 15.4 Å². The van der Waals surface area contributed by atoms with Gasteiger partial charge in [-0.05, 0) is 55.3 Å². The second-order valence-electron chi connectivity index (χ2n) is 7.69. The number of benzene rings is 1. The number of hydrogen-bond acceptors (Lipinski definition) is 8. The normalized spacial score (nSPS) is 13.0.